The summed E-state index contributed by atoms with van der Waals surface area (Å²) in [5.41, 5.74) is 16.6. The van der Waals surface area contributed by atoms with Crippen LogP contribution < -0.4 is 0 Å². The maximum absolute atomic E-state index is 2.61. The number of hydrogen-bond acceptors (Lipinski definition) is 0. The van der Waals surface area contributed by atoms with Gasteiger partial charge >= 0.3 is 0 Å². The molecule has 1 unspecified atom stereocenters. The molecule has 304 valence electrons. The summed E-state index contributed by atoms with van der Waals surface area (Å²) in [6, 6.07) is 59.8. The van der Waals surface area contributed by atoms with Crippen LogP contribution in [0.15, 0.2) is 170 Å². The van der Waals surface area contributed by atoms with Gasteiger partial charge in [0, 0.05) is 27.9 Å². The Kier molecular flexibility index (Phi) is 8.26. The Morgan fingerprint density at radius 1 is 0.460 bits per heavy atom. The van der Waals surface area contributed by atoms with E-state index in [1.54, 1.807) is 0 Å². The zero-order valence-electron chi connectivity index (χ0n) is 37.1. The van der Waals surface area contributed by atoms with E-state index in [4.69, 9.17) is 0 Å². The van der Waals surface area contributed by atoms with Gasteiger partial charge in [-0.25, -0.2) is 0 Å². The third-order valence-corrected chi connectivity index (χ3v) is 14.0. The zero-order valence-corrected chi connectivity index (χ0v) is 37.1. The second kappa shape index (κ2) is 13.8. The molecule has 1 aromatic heterocycles. The molecule has 0 fully saturated rings. The van der Waals surface area contributed by atoms with E-state index in [0.717, 1.165) is 6.42 Å². The van der Waals surface area contributed by atoms with E-state index < -0.39 is 0 Å². The lowest BCUT2D eigenvalue weighted by Gasteiger charge is -2.30. The third kappa shape index (κ3) is 5.68. The van der Waals surface area contributed by atoms with Gasteiger partial charge in [0.1, 0.15) is 0 Å². The van der Waals surface area contributed by atoms with Gasteiger partial charge in [0.25, 0.3) is 0 Å². The maximum Gasteiger partial charge on any atom is 0.0620 e. The first-order chi connectivity index (χ1) is 30.6. The van der Waals surface area contributed by atoms with Gasteiger partial charge in [-0.1, -0.05) is 211 Å². The van der Waals surface area contributed by atoms with Gasteiger partial charge in [-0.3, -0.25) is 0 Å². The molecule has 0 spiro atoms. The van der Waals surface area contributed by atoms with Gasteiger partial charge in [-0.05, 0) is 117 Å². The summed E-state index contributed by atoms with van der Waals surface area (Å²) in [7, 11) is 0. The molecule has 0 saturated heterocycles. The molecular weight excluding hydrogens is 759 g/mol. The van der Waals surface area contributed by atoms with Gasteiger partial charge in [-0.2, -0.15) is 0 Å². The smallest absolute Gasteiger partial charge is 0.0620 e. The van der Waals surface area contributed by atoms with Crippen molar-refractivity contribution < 1.29 is 0 Å². The van der Waals surface area contributed by atoms with E-state index in [2.05, 4.69) is 228 Å². The van der Waals surface area contributed by atoms with Gasteiger partial charge in [-0.15, -0.1) is 0 Å². The fourth-order valence-electron chi connectivity index (χ4n) is 11.6. The van der Waals surface area contributed by atoms with Crippen LogP contribution >= 0.6 is 0 Å². The Morgan fingerprint density at radius 3 is 1.78 bits per heavy atom. The SMILES string of the molecule is CC(C)(C)c1c2ccccc2c(C(C)(C)C)c2cc(-n3c(-c4ccccc4)c(-c4ccccc4)c4ccc5c(-c6ccc7c8c9c(ccc68)C=CCC9C=C7)cccc5c43)ccc12. The highest BCUT2D eigenvalue weighted by Crippen LogP contribution is 2.50. The molecule has 0 amide bonds. The summed E-state index contributed by atoms with van der Waals surface area (Å²) < 4.78 is 2.61. The van der Waals surface area contributed by atoms with E-state index in [1.165, 1.54) is 121 Å². The summed E-state index contributed by atoms with van der Waals surface area (Å²) >= 11 is 0. The molecule has 0 saturated carbocycles. The van der Waals surface area contributed by atoms with E-state index in [-0.39, 0.29) is 10.8 Å². The molecule has 1 heteroatoms. The Balaban J connectivity index is 1.23. The molecule has 1 atom stereocenters. The average molecular weight is 810 g/mol. The van der Waals surface area contributed by atoms with Crippen LogP contribution in [0.5, 0.6) is 0 Å². The minimum absolute atomic E-state index is 0.0631. The van der Waals surface area contributed by atoms with Gasteiger partial charge in [0.2, 0.25) is 0 Å². The highest BCUT2D eigenvalue weighted by molar-refractivity contribution is 6.20. The second-order valence-corrected chi connectivity index (χ2v) is 20.0. The van der Waals surface area contributed by atoms with Crippen LogP contribution in [0.1, 0.15) is 81.7 Å². The topological polar surface area (TPSA) is 4.93 Å². The summed E-state index contributed by atoms with van der Waals surface area (Å²) in [5.74, 6) is 0.429. The molecule has 0 bridgehead atoms. The maximum atomic E-state index is 2.61. The van der Waals surface area contributed by atoms with Crippen LogP contribution in [-0.4, -0.2) is 4.57 Å². The van der Waals surface area contributed by atoms with E-state index in [9.17, 15) is 0 Å². The van der Waals surface area contributed by atoms with Crippen LogP contribution in [0.3, 0.4) is 0 Å². The van der Waals surface area contributed by atoms with Crippen molar-refractivity contribution in [2.45, 2.75) is 64.7 Å². The predicted octanol–water partition coefficient (Wildman–Crippen LogP) is 17.4. The fourth-order valence-corrected chi connectivity index (χ4v) is 11.6. The molecule has 12 rings (SSSR count). The van der Waals surface area contributed by atoms with Crippen molar-refractivity contribution in [2.75, 3.05) is 0 Å². The van der Waals surface area contributed by atoms with Crippen LogP contribution in [0.2, 0.25) is 0 Å². The normalized spacial score (nSPS) is 14.8. The fraction of sp³-hybridized carbons (Fsp3) is 0.161. The lowest BCUT2D eigenvalue weighted by molar-refractivity contribution is 0.593. The van der Waals surface area contributed by atoms with E-state index >= 15 is 0 Å². The minimum atomic E-state index is -0.102. The van der Waals surface area contributed by atoms with Crippen molar-refractivity contribution in [3.8, 4) is 39.2 Å². The Labute approximate surface area is 370 Å². The molecule has 10 aromatic rings. The zero-order chi connectivity index (χ0) is 42.8. The van der Waals surface area contributed by atoms with Gasteiger partial charge in [0.05, 0.1) is 11.2 Å². The Morgan fingerprint density at radius 2 is 1.05 bits per heavy atom. The summed E-state index contributed by atoms with van der Waals surface area (Å²) in [5, 5.41) is 11.9. The van der Waals surface area contributed by atoms with Crippen molar-refractivity contribution in [1.82, 2.24) is 4.57 Å². The number of rotatable bonds is 4. The lowest BCUT2D eigenvalue weighted by Crippen LogP contribution is -2.17. The van der Waals surface area contributed by atoms with Crippen molar-refractivity contribution >= 4 is 66.1 Å². The summed E-state index contributed by atoms with van der Waals surface area (Å²) in [6.07, 6.45) is 10.5. The first-order valence-electron chi connectivity index (χ1n) is 22.7. The average Bonchev–Trinajstić information content (AvgIpc) is 3.65. The minimum Gasteiger partial charge on any atom is -0.308 e. The molecule has 63 heavy (non-hydrogen) atoms. The molecule has 9 aromatic carbocycles. The molecule has 2 aliphatic rings. The third-order valence-electron chi connectivity index (χ3n) is 14.0. The molecule has 1 heterocycles. The monoisotopic (exact) mass is 809 g/mol. The number of benzene rings is 9. The summed E-state index contributed by atoms with van der Waals surface area (Å²) in [4.78, 5) is 0. The number of hydrogen-bond donors (Lipinski definition) is 0. The van der Waals surface area contributed by atoms with Crippen LogP contribution in [-0.2, 0) is 10.8 Å². The Bertz CT molecular complexity index is 3580. The number of aromatic nitrogens is 1. The van der Waals surface area contributed by atoms with Crippen molar-refractivity contribution in [1.29, 1.82) is 0 Å². The molecule has 2 aliphatic carbocycles. The molecule has 0 aliphatic heterocycles. The first-order valence-corrected chi connectivity index (χ1v) is 22.7. The number of fused-ring (bicyclic) bond motifs is 5. The Hall–Kier alpha value is -6.96. The largest absolute Gasteiger partial charge is 0.308 e. The van der Waals surface area contributed by atoms with Crippen LogP contribution in [0, 0.1) is 0 Å². The molecule has 0 N–H and O–H groups in total. The number of allylic oxidation sites excluding steroid dienone is 2. The van der Waals surface area contributed by atoms with Gasteiger partial charge in [0.15, 0.2) is 0 Å². The number of nitrogens with zero attached hydrogens (tertiary/aromatic N) is 1. The molecule has 1 nitrogen and oxygen atoms in total. The van der Waals surface area contributed by atoms with E-state index in [1.807, 2.05) is 0 Å². The second-order valence-electron chi connectivity index (χ2n) is 20.0. The van der Waals surface area contributed by atoms with Crippen molar-refractivity contribution in [3.05, 3.63) is 198 Å². The molecule has 0 radical (unpaired) electrons. The lowest BCUT2D eigenvalue weighted by atomic mass is 9.74. The standard InChI is InChI=1S/C62H51N/c1-61(2,3)57-48-23-13-14-24-49(48)58(62(4,5)6)53-37-43(31-34-50(53)57)63-59(42-19-11-8-12-20-42)56(38-17-9-7-10-18-38)52-36-35-46-44(25-16-26-51(46)60(52)63)45-32-29-41-28-27-39-21-15-22-40-30-33-47(45)55(41)54(39)40/h7-20,22-37,39H,21H2,1-6H3. The first kappa shape index (κ1) is 37.8. The van der Waals surface area contributed by atoms with E-state index in [0.29, 0.717) is 5.92 Å². The van der Waals surface area contributed by atoms with Crippen LogP contribution in [0.4, 0.5) is 0 Å². The quantitative estimate of drug-likeness (QED) is 0.156. The highest BCUT2D eigenvalue weighted by Gasteiger charge is 2.30. The predicted molar refractivity (Wildman–Crippen MR) is 272 cm³/mol. The molecular formula is C62H51N. The van der Waals surface area contributed by atoms with Gasteiger partial charge < -0.3 is 4.57 Å². The van der Waals surface area contributed by atoms with Crippen molar-refractivity contribution in [3.63, 3.8) is 0 Å². The summed E-state index contributed by atoms with van der Waals surface area (Å²) in [6.45, 7) is 14.2. The highest BCUT2D eigenvalue weighted by atomic mass is 15.0. The van der Waals surface area contributed by atoms with Crippen molar-refractivity contribution in [2.24, 2.45) is 0 Å². The van der Waals surface area contributed by atoms with Crippen LogP contribution in [0.25, 0.3) is 105 Å².